The summed E-state index contributed by atoms with van der Waals surface area (Å²) >= 11 is 5.36. The van der Waals surface area contributed by atoms with Gasteiger partial charge in [0.15, 0.2) is 18.8 Å². The Morgan fingerprint density at radius 2 is 0.961 bits per heavy atom. The molecule has 0 aliphatic rings. The highest BCUT2D eigenvalue weighted by Crippen LogP contribution is 2.38. The predicted molar refractivity (Wildman–Crippen MR) is 199 cm³/mol. The smallest absolute Gasteiger partial charge is 0.303 e. The van der Waals surface area contributed by atoms with Crippen LogP contribution >= 0.6 is 67.8 Å². The molecule has 18 nitrogen and oxygen atoms in total. The van der Waals surface area contributed by atoms with Gasteiger partial charge in [0.05, 0.1) is 43.6 Å². The molecule has 0 radical (unpaired) electrons. The van der Waals surface area contributed by atoms with Crippen molar-refractivity contribution in [3.05, 3.63) is 21.8 Å². The summed E-state index contributed by atoms with van der Waals surface area (Å²) in [5.74, 6) is -6.53. The van der Waals surface area contributed by atoms with E-state index >= 15 is 0 Å². The van der Waals surface area contributed by atoms with E-state index in [1.165, 1.54) is 0 Å². The van der Waals surface area contributed by atoms with Gasteiger partial charge in [0.2, 0.25) is 0 Å². The predicted octanol–water partition coefficient (Wildman–Crippen LogP) is 1.41. The van der Waals surface area contributed by atoms with Crippen molar-refractivity contribution in [1.29, 1.82) is 0 Å². The van der Waals surface area contributed by atoms with Crippen LogP contribution in [-0.2, 0) is 62.0 Å². The Hall–Kier alpha value is -3.36. The zero-order valence-corrected chi connectivity index (χ0v) is 34.8. The minimum atomic E-state index is -1.09. The number of nitrogens with one attached hydrogen (secondary N) is 2. The first kappa shape index (κ1) is 45.7. The number of esters is 6. The minimum Gasteiger partial charge on any atom is -0.464 e. The summed E-state index contributed by atoms with van der Waals surface area (Å²) in [5.41, 5.74) is -0.204. The highest BCUT2D eigenvalue weighted by Gasteiger charge is 2.33. The highest BCUT2D eigenvalue weighted by atomic mass is 127. The first-order valence-corrected chi connectivity index (χ1v) is 17.9. The van der Waals surface area contributed by atoms with Crippen LogP contribution in [0.4, 0.5) is 5.69 Å². The number of rotatable bonds is 18. The Morgan fingerprint density at radius 1 is 0.569 bits per heavy atom. The molecular formula is C30H36I3N3O15. The van der Waals surface area contributed by atoms with Gasteiger partial charge in [-0.05, 0) is 67.8 Å². The minimum absolute atomic E-state index is 0.0177. The maximum Gasteiger partial charge on any atom is 0.303 e. The number of hydrogen-bond acceptors (Lipinski definition) is 15. The second kappa shape index (κ2) is 22.5. The fourth-order valence-corrected chi connectivity index (χ4v) is 8.65. The SMILES string of the molecule is CC(=O)OCCN(C(=O)COC(C)=O)c1c(I)c(C(=O)NCC(COC(C)=O)OC(C)=O)c(I)c(C(=O)NCC(COC(C)=O)OC(C)=O)c1I. The molecule has 51 heavy (non-hydrogen) atoms. The third-order valence-electron chi connectivity index (χ3n) is 5.93. The van der Waals surface area contributed by atoms with Crippen LogP contribution in [0.1, 0.15) is 62.3 Å². The van der Waals surface area contributed by atoms with Gasteiger partial charge in [0.1, 0.15) is 19.8 Å². The van der Waals surface area contributed by atoms with Gasteiger partial charge in [0, 0.05) is 45.1 Å². The van der Waals surface area contributed by atoms with Gasteiger partial charge < -0.3 is 44.0 Å². The maximum absolute atomic E-state index is 13.8. The largest absolute Gasteiger partial charge is 0.464 e. The maximum atomic E-state index is 13.8. The molecule has 0 heterocycles. The van der Waals surface area contributed by atoms with Crippen LogP contribution in [0.15, 0.2) is 0 Å². The first-order chi connectivity index (χ1) is 23.8. The second-order valence-corrected chi connectivity index (χ2v) is 13.4. The van der Waals surface area contributed by atoms with Crippen LogP contribution in [-0.4, -0.2) is 112 Å². The Bertz CT molecular complexity index is 1450. The van der Waals surface area contributed by atoms with Crippen molar-refractivity contribution >= 4 is 127 Å². The standard InChI is InChI=1S/C30H36I3N3O15/c1-14(37)46-8-7-36(22(43)13-49-17(4)40)28-26(32)23(29(44)34-9-20(50-18(5)41)11-47-15(2)38)25(31)24(27(28)33)30(45)35-10-21(51-19(6)42)12-48-16(3)39/h20-21H,7-13H2,1-6H3,(H,34,44)(H,35,45). The molecule has 21 heteroatoms. The van der Waals surface area contributed by atoms with Crippen LogP contribution < -0.4 is 15.5 Å². The molecule has 282 valence electrons. The fraction of sp³-hybridized carbons (Fsp3) is 0.500. The molecule has 0 saturated carbocycles. The van der Waals surface area contributed by atoms with E-state index in [4.69, 9.17) is 28.4 Å². The highest BCUT2D eigenvalue weighted by molar-refractivity contribution is 14.1. The molecule has 0 aromatic heterocycles. The number of nitrogens with zero attached hydrogens (tertiary/aromatic N) is 1. The van der Waals surface area contributed by atoms with Crippen molar-refractivity contribution in [3.8, 4) is 0 Å². The molecule has 1 aromatic rings. The van der Waals surface area contributed by atoms with Gasteiger partial charge in [-0.3, -0.25) is 43.2 Å². The van der Waals surface area contributed by atoms with Gasteiger partial charge in [-0.2, -0.15) is 0 Å². The zero-order chi connectivity index (χ0) is 39.0. The van der Waals surface area contributed by atoms with Crippen molar-refractivity contribution in [2.45, 2.75) is 53.8 Å². The van der Waals surface area contributed by atoms with E-state index in [9.17, 15) is 43.2 Å². The molecule has 2 atom stereocenters. The van der Waals surface area contributed by atoms with Gasteiger partial charge >= 0.3 is 35.8 Å². The Balaban J connectivity index is 3.84. The van der Waals surface area contributed by atoms with E-state index in [-0.39, 0.29) is 67.0 Å². The van der Waals surface area contributed by atoms with Crippen molar-refractivity contribution < 1.29 is 71.6 Å². The van der Waals surface area contributed by atoms with Crippen molar-refractivity contribution in [3.63, 3.8) is 0 Å². The summed E-state index contributed by atoms with van der Waals surface area (Å²) in [6.45, 7) is 4.04. The van der Waals surface area contributed by atoms with E-state index in [1.54, 1.807) is 67.8 Å². The number of hydrogen-bond donors (Lipinski definition) is 2. The van der Waals surface area contributed by atoms with Crippen LogP contribution in [0.3, 0.4) is 0 Å². The number of carbonyl (C=O) groups excluding carboxylic acids is 9. The number of carbonyl (C=O) groups is 9. The normalized spacial score (nSPS) is 11.5. The van der Waals surface area contributed by atoms with Crippen molar-refractivity contribution in [1.82, 2.24) is 10.6 Å². The van der Waals surface area contributed by atoms with E-state index in [2.05, 4.69) is 10.6 Å². The average Bonchev–Trinajstić information content (AvgIpc) is 3.00. The Labute approximate surface area is 333 Å². The first-order valence-electron chi connectivity index (χ1n) is 14.7. The Kier molecular flexibility index (Phi) is 20.2. The molecule has 3 amide bonds. The number of halogens is 3. The van der Waals surface area contributed by atoms with Gasteiger partial charge in [-0.15, -0.1) is 0 Å². The monoisotopic (exact) mass is 1060 g/mol. The van der Waals surface area contributed by atoms with Gasteiger partial charge in [0.25, 0.3) is 17.7 Å². The third-order valence-corrected chi connectivity index (χ3v) is 9.11. The lowest BCUT2D eigenvalue weighted by molar-refractivity contribution is -0.155. The van der Waals surface area contributed by atoms with E-state index in [0.29, 0.717) is 0 Å². The lowest BCUT2D eigenvalue weighted by Crippen LogP contribution is -2.42. The third kappa shape index (κ3) is 16.2. The summed E-state index contributed by atoms with van der Waals surface area (Å²) in [4.78, 5) is 111. The molecule has 0 spiro atoms. The number of ether oxygens (including phenoxy) is 6. The molecule has 1 aromatic carbocycles. The van der Waals surface area contributed by atoms with Crippen molar-refractivity contribution in [2.75, 3.05) is 51.0 Å². The van der Waals surface area contributed by atoms with Crippen LogP contribution in [0.2, 0.25) is 0 Å². The lowest BCUT2D eigenvalue weighted by Gasteiger charge is -2.28. The number of amides is 3. The zero-order valence-electron chi connectivity index (χ0n) is 28.3. The summed E-state index contributed by atoms with van der Waals surface area (Å²) in [5, 5.41) is 5.18. The molecule has 0 aliphatic heterocycles. The second-order valence-electron chi connectivity index (χ2n) is 10.2. The summed E-state index contributed by atoms with van der Waals surface area (Å²) < 4.78 is 30.5. The van der Waals surface area contributed by atoms with E-state index < -0.39 is 72.4 Å². The molecule has 2 unspecified atom stereocenters. The molecule has 0 fully saturated rings. The topological polar surface area (TPSA) is 236 Å². The molecule has 0 bridgehead atoms. The molecule has 0 saturated heterocycles. The van der Waals surface area contributed by atoms with Crippen LogP contribution in [0.25, 0.3) is 0 Å². The van der Waals surface area contributed by atoms with E-state index in [1.807, 2.05) is 0 Å². The average molecular weight is 1060 g/mol. The van der Waals surface area contributed by atoms with Crippen molar-refractivity contribution in [2.24, 2.45) is 0 Å². The van der Waals surface area contributed by atoms with Crippen LogP contribution in [0.5, 0.6) is 0 Å². The summed E-state index contributed by atoms with van der Waals surface area (Å²) in [6.07, 6.45) is -2.17. The molecular weight excluding hydrogens is 1020 g/mol. The Morgan fingerprint density at radius 3 is 1.31 bits per heavy atom. The van der Waals surface area contributed by atoms with E-state index in [0.717, 1.165) is 46.4 Å². The molecule has 2 N–H and O–H groups in total. The summed E-state index contributed by atoms with van der Waals surface area (Å²) in [7, 11) is 0. The molecule has 1 rings (SSSR count). The fourth-order valence-electron chi connectivity index (χ4n) is 3.92. The quantitative estimate of drug-likeness (QED) is 0.120. The number of benzene rings is 1. The van der Waals surface area contributed by atoms with Gasteiger partial charge in [-0.1, -0.05) is 0 Å². The summed E-state index contributed by atoms with van der Waals surface area (Å²) in [6, 6.07) is 0. The number of anilines is 1. The molecule has 0 aliphatic carbocycles. The van der Waals surface area contributed by atoms with Crippen LogP contribution in [0, 0.1) is 10.7 Å². The lowest BCUT2D eigenvalue weighted by atomic mass is 10.1. The van der Waals surface area contributed by atoms with Gasteiger partial charge in [-0.25, -0.2) is 0 Å².